The van der Waals surface area contributed by atoms with Crippen LogP contribution in [0.2, 0.25) is 5.15 Å². The molecule has 1 heterocycles. The number of amides is 3. The van der Waals surface area contributed by atoms with E-state index < -0.39 is 36.9 Å². The van der Waals surface area contributed by atoms with Crippen molar-refractivity contribution in [3.63, 3.8) is 0 Å². The Morgan fingerprint density at radius 3 is 2.24 bits per heavy atom. The third kappa shape index (κ3) is 14.5. The molecule has 0 fully saturated rings. The van der Waals surface area contributed by atoms with E-state index in [2.05, 4.69) is 27.5 Å². The van der Waals surface area contributed by atoms with Crippen molar-refractivity contribution >= 4 is 41.1 Å². The Labute approximate surface area is 326 Å². The molecule has 0 aliphatic heterocycles. The number of carbonyl (C=O) groups excluding carboxylic acids is 2. The first-order valence-corrected chi connectivity index (χ1v) is 18.7. The molecule has 2 aromatic carbocycles. The number of nitrogens with zero attached hydrogens (tertiary/aromatic N) is 4. The number of aliphatic hydroxyl groups excluding tert-OH is 4. The van der Waals surface area contributed by atoms with Gasteiger partial charge < -0.3 is 52.5 Å². The molecular formula is C38H55ClN8O8. The van der Waals surface area contributed by atoms with Gasteiger partial charge in [0, 0.05) is 44.8 Å². The first-order valence-electron chi connectivity index (χ1n) is 18.4. The lowest BCUT2D eigenvalue weighted by molar-refractivity contribution is -0.0840. The number of hydrogen-bond acceptors (Lipinski definition) is 12. The number of carbonyl (C=O) groups is 3. The van der Waals surface area contributed by atoms with Gasteiger partial charge in [0.25, 0.3) is 11.8 Å². The molecule has 1 unspecified atom stereocenters. The third-order valence-corrected chi connectivity index (χ3v) is 9.52. The number of aromatic nitrogens is 2. The molecular weight excluding hydrogens is 732 g/mol. The van der Waals surface area contributed by atoms with E-state index in [1.807, 2.05) is 36.1 Å². The zero-order valence-corrected chi connectivity index (χ0v) is 32.2. The van der Waals surface area contributed by atoms with E-state index in [4.69, 9.17) is 28.2 Å². The van der Waals surface area contributed by atoms with Crippen LogP contribution in [-0.4, -0.2) is 127 Å². The highest BCUT2D eigenvalue weighted by atomic mass is 35.5. The molecule has 0 saturated heterocycles. The minimum absolute atomic E-state index is 0.0214. The van der Waals surface area contributed by atoms with Crippen LogP contribution < -0.4 is 22.1 Å². The van der Waals surface area contributed by atoms with Crippen molar-refractivity contribution in [2.75, 3.05) is 57.3 Å². The van der Waals surface area contributed by atoms with E-state index >= 15 is 0 Å². The molecule has 17 heteroatoms. The number of unbranched alkanes of at least 4 members (excludes halogenated alkanes) is 3. The molecule has 0 bridgehead atoms. The number of nitrogen functional groups attached to an aromatic ring is 2. The van der Waals surface area contributed by atoms with Crippen LogP contribution in [0.15, 0.2) is 48.5 Å². The molecule has 3 aromatic rings. The molecule has 302 valence electrons. The maximum atomic E-state index is 13.0. The summed E-state index contributed by atoms with van der Waals surface area (Å²) in [5.41, 5.74) is 14.3. The minimum atomic E-state index is -1.51. The van der Waals surface area contributed by atoms with Gasteiger partial charge in [0.05, 0.1) is 12.7 Å². The number of benzene rings is 2. The lowest BCUT2D eigenvalue weighted by Crippen LogP contribution is -2.47. The largest absolute Gasteiger partial charge is 0.465 e. The number of aryl methyl sites for hydroxylation is 1. The van der Waals surface area contributed by atoms with Crippen LogP contribution in [0, 0.1) is 12.8 Å². The van der Waals surface area contributed by atoms with Gasteiger partial charge in [-0.1, -0.05) is 74.2 Å². The van der Waals surface area contributed by atoms with E-state index in [1.54, 1.807) is 24.3 Å². The number of halogens is 1. The molecule has 3 rings (SSSR count). The van der Waals surface area contributed by atoms with Crippen LogP contribution in [0.25, 0.3) is 0 Å². The zero-order valence-electron chi connectivity index (χ0n) is 31.4. The molecule has 1 aromatic heterocycles. The SMILES string of the molecule is CCCCCCN(CCNC(=O)c1ccc(CN(CC(CNC(=O)c2nc(Cl)c(N)nc2N)Cc2ccccc2C)C(=O)O)cc1)C[C@H](O)[C@@H](O)[C@H](O)CO. The normalized spacial score (nSPS) is 13.5. The van der Waals surface area contributed by atoms with Crippen molar-refractivity contribution in [1.82, 2.24) is 30.4 Å². The fourth-order valence-electron chi connectivity index (χ4n) is 6.01. The van der Waals surface area contributed by atoms with Crippen LogP contribution in [0.3, 0.4) is 0 Å². The Bertz CT molecular complexity index is 1680. The van der Waals surface area contributed by atoms with E-state index in [-0.39, 0.29) is 67.0 Å². The van der Waals surface area contributed by atoms with E-state index in [1.165, 1.54) is 4.90 Å². The molecule has 0 radical (unpaired) electrons. The number of carboxylic acid groups (broad SMARTS) is 1. The van der Waals surface area contributed by atoms with Gasteiger partial charge in [-0.05, 0) is 61.1 Å². The summed E-state index contributed by atoms with van der Waals surface area (Å²) in [6, 6.07) is 14.3. The summed E-state index contributed by atoms with van der Waals surface area (Å²) in [5, 5.41) is 55.1. The van der Waals surface area contributed by atoms with Gasteiger partial charge in [-0.15, -0.1) is 0 Å². The summed E-state index contributed by atoms with van der Waals surface area (Å²) in [7, 11) is 0. The van der Waals surface area contributed by atoms with E-state index in [9.17, 15) is 34.8 Å². The van der Waals surface area contributed by atoms with Crippen molar-refractivity contribution in [2.45, 2.75) is 70.8 Å². The second kappa shape index (κ2) is 22.7. The number of anilines is 2. The average molecular weight is 787 g/mol. The van der Waals surface area contributed by atoms with Crippen molar-refractivity contribution < 1.29 is 39.9 Å². The summed E-state index contributed by atoms with van der Waals surface area (Å²) in [4.78, 5) is 49.5. The van der Waals surface area contributed by atoms with Gasteiger partial charge in [-0.2, -0.15) is 0 Å². The van der Waals surface area contributed by atoms with Gasteiger partial charge in [0.15, 0.2) is 22.5 Å². The average Bonchev–Trinajstić information content (AvgIpc) is 3.16. The fraction of sp³-hybridized carbons (Fsp3) is 0.500. The zero-order chi connectivity index (χ0) is 40.5. The molecule has 16 nitrogen and oxygen atoms in total. The van der Waals surface area contributed by atoms with E-state index in [0.29, 0.717) is 30.6 Å². The molecule has 55 heavy (non-hydrogen) atoms. The van der Waals surface area contributed by atoms with Crippen molar-refractivity contribution in [2.24, 2.45) is 5.92 Å². The number of aliphatic hydroxyl groups is 4. The lowest BCUT2D eigenvalue weighted by atomic mass is 9.95. The summed E-state index contributed by atoms with van der Waals surface area (Å²) in [6.45, 7) is 4.83. The Kier molecular flexibility index (Phi) is 18.5. The Hall–Kier alpha value is -4.58. The van der Waals surface area contributed by atoms with Crippen LogP contribution in [0.4, 0.5) is 16.4 Å². The maximum Gasteiger partial charge on any atom is 0.407 e. The standard InChI is InChI=1S/C38H55ClN8O8/c1-3-4-5-8-16-46(22-29(49)32(51)30(50)23-48)17-15-42-36(52)27-13-11-25(12-14-27)20-47(38(54)55)21-26(18-28-10-7-6-9-24(28)2)19-43-37(53)31-34(40)45-35(41)33(39)44-31/h6-7,9-14,26,29-30,32,48-51H,3-5,8,15-23H2,1-2H3,(H,42,52)(H,43,53)(H,54,55)(H4,40,41,45)/t26?,29-,30+,32+/m0/s1. The topological polar surface area (TPSA) is 261 Å². The number of rotatable bonds is 23. The second-order valence-electron chi connectivity index (χ2n) is 13.6. The van der Waals surface area contributed by atoms with Crippen molar-refractivity contribution in [1.29, 1.82) is 0 Å². The number of nitrogens with two attached hydrogens (primary N) is 2. The predicted octanol–water partition coefficient (Wildman–Crippen LogP) is 2.06. The van der Waals surface area contributed by atoms with Crippen molar-refractivity contribution in [3.05, 3.63) is 81.6 Å². The lowest BCUT2D eigenvalue weighted by Gasteiger charge is -2.29. The van der Waals surface area contributed by atoms with Gasteiger partial charge in [0.2, 0.25) is 0 Å². The smallest absolute Gasteiger partial charge is 0.407 e. The molecule has 3 amide bonds. The molecule has 0 aliphatic carbocycles. The highest BCUT2D eigenvalue weighted by molar-refractivity contribution is 6.31. The summed E-state index contributed by atoms with van der Waals surface area (Å²) in [5.74, 6) is -1.63. The van der Waals surface area contributed by atoms with Crippen molar-refractivity contribution in [3.8, 4) is 0 Å². The highest BCUT2D eigenvalue weighted by Gasteiger charge is 2.26. The van der Waals surface area contributed by atoms with Gasteiger partial charge in [0.1, 0.15) is 12.2 Å². The summed E-state index contributed by atoms with van der Waals surface area (Å²) < 4.78 is 0. The summed E-state index contributed by atoms with van der Waals surface area (Å²) in [6.07, 6.45) is -1.02. The Balaban J connectivity index is 1.64. The van der Waals surface area contributed by atoms with E-state index in [0.717, 1.165) is 36.8 Å². The predicted molar refractivity (Wildman–Crippen MR) is 209 cm³/mol. The molecule has 0 saturated carbocycles. The fourth-order valence-corrected chi connectivity index (χ4v) is 6.13. The molecule has 4 atom stereocenters. The summed E-state index contributed by atoms with van der Waals surface area (Å²) >= 11 is 5.96. The molecule has 0 spiro atoms. The number of hydrogen-bond donors (Lipinski definition) is 9. The minimum Gasteiger partial charge on any atom is -0.465 e. The first-order chi connectivity index (χ1) is 26.2. The van der Waals surface area contributed by atoms with Crippen LogP contribution in [0.5, 0.6) is 0 Å². The van der Waals surface area contributed by atoms with Crippen LogP contribution in [-0.2, 0) is 13.0 Å². The van der Waals surface area contributed by atoms with Gasteiger partial charge in [-0.3, -0.25) is 14.5 Å². The van der Waals surface area contributed by atoms with Gasteiger partial charge >= 0.3 is 6.09 Å². The number of nitrogens with one attached hydrogen (secondary N) is 2. The quantitative estimate of drug-likeness (QED) is 0.0625. The Morgan fingerprint density at radius 1 is 0.873 bits per heavy atom. The second-order valence-corrected chi connectivity index (χ2v) is 14.0. The van der Waals surface area contributed by atoms with Crippen LogP contribution >= 0.6 is 11.6 Å². The molecule has 0 aliphatic rings. The first kappa shape index (κ1) is 44.8. The Morgan fingerprint density at radius 2 is 1.58 bits per heavy atom. The van der Waals surface area contributed by atoms with Gasteiger partial charge in [-0.25, -0.2) is 14.8 Å². The monoisotopic (exact) mass is 786 g/mol. The third-order valence-electron chi connectivity index (χ3n) is 9.24. The highest BCUT2D eigenvalue weighted by Crippen LogP contribution is 2.19. The van der Waals surface area contributed by atoms with Crippen LogP contribution in [0.1, 0.15) is 70.1 Å². The molecule has 11 N–H and O–H groups in total. The maximum absolute atomic E-state index is 13.0.